The fourth-order valence-electron chi connectivity index (χ4n) is 1.75. The Hall–Kier alpha value is -1.11. The van der Waals surface area contributed by atoms with E-state index in [9.17, 15) is 0 Å². The van der Waals surface area contributed by atoms with Crippen LogP contribution in [0.1, 0.15) is 5.01 Å². The highest BCUT2D eigenvalue weighted by atomic mass is 32.1. The van der Waals surface area contributed by atoms with Crippen molar-refractivity contribution in [2.45, 2.75) is 12.5 Å². The van der Waals surface area contributed by atoms with E-state index < -0.39 is 0 Å². The highest BCUT2D eigenvalue weighted by molar-refractivity contribution is 7.18. The van der Waals surface area contributed by atoms with Crippen LogP contribution in [0, 0.1) is 0 Å². The Balaban J connectivity index is 1.78. The Morgan fingerprint density at radius 1 is 1.44 bits per heavy atom. The first-order chi connectivity index (χ1) is 7.92. The third kappa shape index (κ3) is 2.04. The minimum absolute atomic E-state index is 0.231. The van der Waals surface area contributed by atoms with Crippen molar-refractivity contribution in [2.75, 3.05) is 19.7 Å². The van der Waals surface area contributed by atoms with E-state index in [4.69, 9.17) is 4.74 Å². The summed E-state index contributed by atoms with van der Waals surface area (Å²) in [6, 6.07) is 0. The number of fused-ring (bicyclic) bond motifs is 1. The van der Waals surface area contributed by atoms with E-state index >= 15 is 0 Å². The Morgan fingerprint density at radius 3 is 3.19 bits per heavy atom. The Morgan fingerprint density at radius 2 is 2.38 bits per heavy atom. The van der Waals surface area contributed by atoms with Crippen molar-refractivity contribution in [3.05, 3.63) is 17.4 Å². The van der Waals surface area contributed by atoms with Gasteiger partial charge in [-0.1, -0.05) is 11.3 Å². The highest BCUT2D eigenvalue weighted by Gasteiger charge is 2.16. The largest absolute Gasteiger partial charge is 0.375 e. The van der Waals surface area contributed by atoms with Crippen molar-refractivity contribution in [2.24, 2.45) is 0 Å². The third-order valence-corrected chi connectivity index (χ3v) is 3.47. The lowest BCUT2D eigenvalue weighted by atomic mass is 10.2. The van der Waals surface area contributed by atoms with Gasteiger partial charge >= 0.3 is 0 Å². The van der Waals surface area contributed by atoms with Crippen LogP contribution in [-0.4, -0.2) is 40.8 Å². The maximum atomic E-state index is 5.64. The molecule has 84 valence electrons. The molecule has 1 aliphatic heterocycles. The topological polar surface area (TPSA) is 59.9 Å². The minimum atomic E-state index is 0.231. The number of thiazole rings is 1. The number of rotatable bonds is 2. The molecule has 16 heavy (non-hydrogen) atoms. The first kappa shape index (κ1) is 10.1. The molecule has 1 fully saturated rings. The van der Waals surface area contributed by atoms with E-state index in [2.05, 4.69) is 20.3 Å². The lowest BCUT2D eigenvalue weighted by Gasteiger charge is -2.22. The van der Waals surface area contributed by atoms with Crippen LogP contribution in [0.2, 0.25) is 0 Å². The number of aromatic nitrogens is 3. The smallest absolute Gasteiger partial charge is 0.189 e. The number of nitrogens with zero attached hydrogens (tertiary/aromatic N) is 3. The van der Waals surface area contributed by atoms with Crippen LogP contribution in [0.5, 0.6) is 0 Å². The van der Waals surface area contributed by atoms with Crippen molar-refractivity contribution in [3.63, 3.8) is 0 Å². The van der Waals surface area contributed by atoms with E-state index in [1.54, 1.807) is 23.7 Å². The minimum Gasteiger partial charge on any atom is -0.375 e. The average molecular weight is 236 g/mol. The van der Waals surface area contributed by atoms with E-state index in [-0.39, 0.29) is 6.10 Å². The van der Waals surface area contributed by atoms with Crippen molar-refractivity contribution in [1.29, 1.82) is 0 Å². The molecule has 0 saturated carbocycles. The molecule has 5 nitrogen and oxygen atoms in total. The number of morpholine rings is 1. The van der Waals surface area contributed by atoms with Gasteiger partial charge in [-0.3, -0.25) is 0 Å². The number of hydrogen-bond acceptors (Lipinski definition) is 6. The Kier molecular flexibility index (Phi) is 2.77. The average Bonchev–Trinajstić information content (AvgIpc) is 2.72. The normalized spacial score (nSPS) is 21.4. The molecule has 0 bridgehead atoms. The summed E-state index contributed by atoms with van der Waals surface area (Å²) in [6.07, 6.45) is 4.44. The third-order valence-electron chi connectivity index (χ3n) is 2.50. The molecule has 6 heteroatoms. The fourth-order valence-corrected chi connectivity index (χ4v) is 2.68. The Labute approximate surface area is 96.9 Å². The molecule has 3 heterocycles. The van der Waals surface area contributed by atoms with Crippen LogP contribution in [0.4, 0.5) is 0 Å². The second-order valence-corrected chi connectivity index (χ2v) is 4.76. The van der Waals surface area contributed by atoms with Gasteiger partial charge in [-0.05, 0) is 0 Å². The molecule has 2 aromatic heterocycles. The molecule has 2 aromatic rings. The molecule has 3 rings (SSSR count). The van der Waals surface area contributed by atoms with Gasteiger partial charge < -0.3 is 10.1 Å². The zero-order valence-corrected chi connectivity index (χ0v) is 9.54. The molecule has 0 amide bonds. The molecule has 0 radical (unpaired) electrons. The predicted octanol–water partition coefficient (Wildman–Crippen LogP) is 0.617. The van der Waals surface area contributed by atoms with Gasteiger partial charge in [0, 0.05) is 31.9 Å². The summed E-state index contributed by atoms with van der Waals surface area (Å²) in [5.41, 5.74) is 0.742. The first-order valence-electron chi connectivity index (χ1n) is 5.30. The maximum Gasteiger partial charge on any atom is 0.189 e. The van der Waals surface area contributed by atoms with Gasteiger partial charge in [-0.25, -0.2) is 15.0 Å². The van der Waals surface area contributed by atoms with Crippen LogP contribution in [0.15, 0.2) is 12.4 Å². The molecular weight excluding hydrogens is 224 g/mol. The zero-order valence-electron chi connectivity index (χ0n) is 8.72. The number of hydrogen-bond donors (Lipinski definition) is 1. The van der Waals surface area contributed by atoms with Gasteiger partial charge in [0.05, 0.1) is 17.7 Å². The summed E-state index contributed by atoms with van der Waals surface area (Å²) in [5.74, 6) is 0. The van der Waals surface area contributed by atoms with E-state index in [0.29, 0.717) is 0 Å². The second-order valence-electron chi connectivity index (χ2n) is 3.69. The van der Waals surface area contributed by atoms with Crippen LogP contribution < -0.4 is 5.32 Å². The molecule has 1 unspecified atom stereocenters. The monoisotopic (exact) mass is 236 g/mol. The zero-order chi connectivity index (χ0) is 10.8. The van der Waals surface area contributed by atoms with Gasteiger partial charge in [0.15, 0.2) is 10.5 Å². The van der Waals surface area contributed by atoms with E-state index in [0.717, 1.165) is 41.6 Å². The SMILES string of the molecule is c1cnc2sc(CC3CNCCO3)nc2n1. The van der Waals surface area contributed by atoms with Crippen molar-refractivity contribution < 1.29 is 4.74 Å². The molecule has 1 aliphatic rings. The van der Waals surface area contributed by atoms with Crippen LogP contribution >= 0.6 is 11.3 Å². The molecule has 0 aromatic carbocycles. The molecule has 1 atom stereocenters. The first-order valence-corrected chi connectivity index (χ1v) is 6.12. The van der Waals surface area contributed by atoms with Crippen LogP contribution in [-0.2, 0) is 11.2 Å². The molecule has 0 spiro atoms. The lowest BCUT2D eigenvalue weighted by Crippen LogP contribution is -2.39. The van der Waals surface area contributed by atoms with Gasteiger partial charge in [0.1, 0.15) is 0 Å². The van der Waals surface area contributed by atoms with Gasteiger partial charge in [0.2, 0.25) is 0 Å². The highest BCUT2D eigenvalue weighted by Crippen LogP contribution is 2.19. The fraction of sp³-hybridized carbons (Fsp3) is 0.500. The summed E-state index contributed by atoms with van der Waals surface area (Å²) >= 11 is 1.60. The number of ether oxygens (including phenoxy) is 1. The number of nitrogens with one attached hydrogen (secondary N) is 1. The summed E-state index contributed by atoms with van der Waals surface area (Å²) in [4.78, 5) is 13.8. The van der Waals surface area contributed by atoms with Crippen molar-refractivity contribution >= 4 is 21.8 Å². The van der Waals surface area contributed by atoms with E-state index in [1.165, 1.54) is 0 Å². The molecule has 1 N–H and O–H groups in total. The van der Waals surface area contributed by atoms with Gasteiger partial charge in [-0.2, -0.15) is 0 Å². The summed E-state index contributed by atoms with van der Waals surface area (Å²) < 4.78 is 5.64. The molecule has 0 aliphatic carbocycles. The second kappa shape index (κ2) is 4.40. The lowest BCUT2D eigenvalue weighted by molar-refractivity contribution is 0.0292. The molecule has 1 saturated heterocycles. The Bertz CT molecular complexity index is 447. The quantitative estimate of drug-likeness (QED) is 0.828. The van der Waals surface area contributed by atoms with Crippen LogP contribution in [0.3, 0.4) is 0 Å². The summed E-state index contributed by atoms with van der Waals surface area (Å²) in [5, 5.41) is 4.36. The summed E-state index contributed by atoms with van der Waals surface area (Å²) in [7, 11) is 0. The van der Waals surface area contributed by atoms with E-state index in [1.807, 2.05) is 0 Å². The maximum absolute atomic E-state index is 5.64. The molecular formula is C10H12N4OS. The standard InChI is InChI=1S/C10H12N4OS/c1-2-13-10-9(12-1)14-8(16-10)5-7-6-11-3-4-15-7/h1-2,7,11H,3-6H2. The van der Waals surface area contributed by atoms with Gasteiger partial charge in [0.25, 0.3) is 0 Å². The summed E-state index contributed by atoms with van der Waals surface area (Å²) in [6.45, 7) is 2.63. The van der Waals surface area contributed by atoms with Crippen LogP contribution in [0.25, 0.3) is 10.5 Å². The van der Waals surface area contributed by atoms with Crippen molar-refractivity contribution in [1.82, 2.24) is 20.3 Å². The van der Waals surface area contributed by atoms with Crippen molar-refractivity contribution in [3.8, 4) is 0 Å². The predicted molar refractivity (Wildman–Crippen MR) is 61.5 cm³/mol. The van der Waals surface area contributed by atoms with Gasteiger partial charge in [-0.15, -0.1) is 0 Å².